The lowest BCUT2D eigenvalue weighted by molar-refractivity contribution is -0.118. The van der Waals surface area contributed by atoms with Crippen molar-refractivity contribution in [2.45, 2.75) is 38.0 Å². The van der Waals surface area contributed by atoms with Crippen LogP contribution in [0.5, 0.6) is 0 Å². The highest BCUT2D eigenvalue weighted by molar-refractivity contribution is 5.95. The Morgan fingerprint density at radius 3 is 2.83 bits per heavy atom. The molecule has 5 nitrogen and oxygen atoms in total. The summed E-state index contributed by atoms with van der Waals surface area (Å²) in [7, 11) is 5.39. The molecule has 23 heavy (non-hydrogen) atoms. The van der Waals surface area contributed by atoms with Gasteiger partial charge in [0.15, 0.2) is 0 Å². The highest BCUT2D eigenvalue weighted by atomic mass is 16.5. The van der Waals surface area contributed by atoms with Crippen LogP contribution in [-0.2, 0) is 27.2 Å². The van der Waals surface area contributed by atoms with Crippen molar-refractivity contribution in [2.24, 2.45) is 0 Å². The molecule has 0 aromatic heterocycles. The molecule has 1 saturated heterocycles. The summed E-state index contributed by atoms with van der Waals surface area (Å²) in [6, 6.07) is 6.88. The summed E-state index contributed by atoms with van der Waals surface area (Å²) in [5.74, 6) is 0.202. The van der Waals surface area contributed by atoms with Crippen LogP contribution in [0.4, 0.5) is 5.69 Å². The number of amides is 1. The maximum atomic E-state index is 11.8. The zero-order valence-electron chi connectivity index (χ0n) is 14.2. The summed E-state index contributed by atoms with van der Waals surface area (Å²) in [4.78, 5) is 16.0. The van der Waals surface area contributed by atoms with E-state index in [1.165, 1.54) is 11.1 Å². The lowest BCUT2D eigenvalue weighted by atomic mass is 9.99. The van der Waals surface area contributed by atoms with E-state index >= 15 is 0 Å². The quantitative estimate of drug-likeness (QED) is 0.831. The Hall–Kier alpha value is -1.43. The molecule has 0 bridgehead atoms. The molecule has 2 heterocycles. The van der Waals surface area contributed by atoms with Gasteiger partial charge in [0.05, 0.1) is 12.7 Å². The molecule has 2 aliphatic heterocycles. The predicted molar refractivity (Wildman–Crippen MR) is 89.7 cm³/mol. The van der Waals surface area contributed by atoms with Crippen LogP contribution >= 0.6 is 0 Å². The first-order valence-electron chi connectivity index (χ1n) is 8.26. The molecule has 3 rings (SSSR count). The van der Waals surface area contributed by atoms with E-state index in [9.17, 15) is 4.79 Å². The van der Waals surface area contributed by atoms with Crippen molar-refractivity contribution in [3.05, 3.63) is 29.3 Å². The van der Waals surface area contributed by atoms with Crippen molar-refractivity contribution in [1.82, 2.24) is 4.90 Å². The number of anilines is 1. The van der Waals surface area contributed by atoms with Gasteiger partial charge < -0.3 is 14.4 Å². The van der Waals surface area contributed by atoms with Crippen LogP contribution in [0.25, 0.3) is 0 Å². The van der Waals surface area contributed by atoms with Gasteiger partial charge in [0.25, 0.3) is 0 Å². The van der Waals surface area contributed by atoms with Crippen LogP contribution in [0.2, 0.25) is 0 Å². The van der Waals surface area contributed by atoms with Crippen LogP contribution in [0.3, 0.4) is 0 Å². The van der Waals surface area contributed by atoms with Crippen LogP contribution in [-0.4, -0.2) is 57.4 Å². The van der Waals surface area contributed by atoms with E-state index in [-0.39, 0.29) is 12.0 Å². The van der Waals surface area contributed by atoms with E-state index in [1.807, 2.05) is 7.05 Å². The third kappa shape index (κ3) is 3.42. The summed E-state index contributed by atoms with van der Waals surface area (Å²) in [6.45, 7) is 2.58. The number of likely N-dealkylation sites (tertiary alicyclic amines) is 1. The monoisotopic (exact) mass is 318 g/mol. The van der Waals surface area contributed by atoms with Gasteiger partial charge in [-0.1, -0.05) is 12.1 Å². The molecule has 1 fully saturated rings. The Bertz CT molecular complexity index is 575. The second kappa shape index (κ2) is 6.99. The number of nitrogens with zero attached hydrogens (tertiary/aromatic N) is 2. The Balaban J connectivity index is 1.74. The number of aryl methyl sites for hydroxylation is 1. The van der Waals surface area contributed by atoms with Gasteiger partial charge in [-0.25, -0.2) is 0 Å². The summed E-state index contributed by atoms with van der Waals surface area (Å²) in [5.41, 5.74) is 3.62. The minimum atomic E-state index is 0.202. The van der Waals surface area contributed by atoms with Gasteiger partial charge in [-0.2, -0.15) is 0 Å². The largest absolute Gasteiger partial charge is 0.383 e. The minimum Gasteiger partial charge on any atom is -0.383 e. The van der Waals surface area contributed by atoms with Gasteiger partial charge in [-0.05, 0) is 30.0 Å². The van der Waals surface area contributed by atoms with E-state index in [0.29, 0.717) is 12.5 Å². The molecule has 2 aliphatic rings. The molecule has 126 valence electrons. The molecule has 0 unspecified atom stereocenters. The lowest BCUT2D eigenvalue weighted by Gasteiger charge is -2.28. The van der Waals surface area contributed by atoms with Crippen molar-refractivity contribution in [3.63, 3.8) is 0 Å². The van der Waals surface area contributed by atoms with E-state index in [2.05, 4.69) is 23.1 Å². The summed E-state index contributed by atoms with van der Waals surface area (Å²) in [5, 5.41) is 0. The normalized spacial score (nSPS) is 25.0. The highest BCUT2D eigenvalue weighted by Crippen LogP contribution is 2.29. The van der Waals surface area contributed by atoms with Crippen LogP contribution in [0.1, 0.15) is 24.0 Å². The Labute approximate surface area is 138 Å². The number of benzene rings is 1. The second-order valence-corrected chi connectivity index (χ2v) is 6.55. The standard InChI is InChI=1S/C18H26N2O3/c1-19-17-6-4-13(8-14(17)5-7-18(19)21)10-20-11-16(23-3)9-15(20)12-22-2/h4,6,8,15-16H,5,7,9-12H2,1-3H3/t15-,16-/m0/s1. The summed E-state index contributed by atoms with van der Waals surface area (Å²) in [6.07, 6.45) is 2.76. The zero-order chi connectivity index (χ0) is 16.4. The molecule has 0 spiro atoms. The van der Waals surface area contributed by atoms with E-state index < -0.39 is 0 Å². The number of hydrogen-bond donors (Lipinski definition) is 0. The first-order chi connectivity index (χ1) is 11.1. The molecular formula is C18H26N2O3. The Kier molecular flexibility index (Phi) is 4.99. The average Bonchev–Trinajstić information content (AvgIpc) is 2.93. The van der Waals surface area contributed by atoms with E-state index in [1.54, 1.807) is 19.1 Å². The van der Waals surface area contributed by atoms with Crippen molar-refractivity contribution in [2.75, 3.05) is 39.3 Å². The molecule has 0 radical (unpaired) electrons. The third-order valence-corrected chi connectivity index (χ3v) is 5.06. The molecule has 1 aromatic carbocycles. The molecule has 0 N–H and O–H groups in total. The zero-order valence-corrected chi connectivity index (χ0v) is 14.2. The van der Waals surface area contributed by atoms with Crippen molar-refractivity contribution in [3.8, 4) is 0 Å². The van der Waals surface area contributed by atoms with E-state index in [0.717, 1.165) is 38.2 Å². The van der Waals surface area contributed by atoms with Crippen molar-refractivity contribution < 1.29 is 14.3 Å². The average molecular weight is 318 g/mol. The number of carbonyl (C=O) groups is 1. The number of methoxy groups -OCH3 is 2. The molecular weight excluding hydrogens is 292 g/mol. The summed E-state index contributed by atoms with van der Waals surface area (Å²) < 4.78 is 10.9. The fourth-order valence-corrected chi connectivity index (χ4v) is 3.71. The SMILES string of the molecule is COC[C@@H]1C[C@H](OC)CN1Cc1ccc2c(c1)CCC(=O)N2C. The van der Waals surface area contributed by atoms with Crippen LogP contribution < -0.4 is 4.90 Å². The number of carbonyl (C=O) groups excluding carboxylic acids is 1. The van der Waals surface area contributed by atoms with E-state index in [4.69, 9.17) is 9.47 Å². The third-order valence-electron chi connectivity index (χ3n) is 5.06. The van der Waals surface area contributed by atoms with Crippen molar-refractivity contribution in [1.29, 1.82) is 0 Å². The second-order valence-electron chi connectivity index (χ2n) is 6.55. The predicted octanol–water partition coefficient (Wildman–Crippen LogP) is 1.83. The molecule has 0 aliphatic carbocycles. The molecule has 5 heteroatoms. The number of hydrogen-bond acceptors (Lipinski definition) is 4. The van der Waals surface area contributed by atoms with Gasteiger partial charge in [-0.3, -0.25) is 9.69 Å². The van der Waals surface area contributed by atoms with Crippen molar-refractivity contribution >= 4 is 11.6 Å². The molecule has 0 saturated carbocycles. The van der Waals surface area contributed by atoms with Gasteiger partial charge >= 0.3 is 0 Å². The summed E-state index contributed by atoms with van der Waals surface area (Å²) >= 11 is 0. The number of ether oxygens (including phenoxy) is 2. The van der Waals surface area contributed by atoms with Gasteiger partial charge in [0.1, 0.15) is 0 Å². The minimum absolute atomic E-state index is 0.202. The highest BCUT2D eigenvalue weighted by Gasteiger charge is 2.32. The van der Waals surface area contributed by atoms with Gasteiger partial charge in [0, 0.05) is 52.5 Å². The van der Waals surface area contributed by atoms with Gasteiger partial charge in [-0.15, -0.1) is 0 Å². The molecule has 1 amide bonds. The van der Waals surface area contributed by atoms with Gasteiger partial charge in [0.2, 0.25) is 5.91 Å². The number of rotatable bonds is 5. The Morgan fingerprint density at radius 2 is 2.09 bits per heavy atom. The smallest absolute Gasteiger partial charge is 0.227 e. The first kappa shape index (κ1) is 16.4. The topological polar surface area (TPSA) is 42.0 Å². The molecule has 1 aromatic rings. The lowest BCUT2D eigenvalue weighted by Crippen LogP contribution is -2.33. The molecule has 2 atom stereocenters. The Morgan fingerprint density at radius 1 is 1.26 bits per heavy atom. The fourth-order valence-electron chi connectivity index (χ4n) is 3.71. The maximum Gasteiger partial charge on any atom is 0.227 e. The number of fused-ring (bicyclic) bond motifs is 1. The fraction of sp³-hybridized carbons (Fsp3) is 0.611. The van der Waals surface area contributed by atoms with Crippen LogP contribution in [0.15, 0.2) is 18.2 Å². The maximum absolute atomic E-state index is 11.8. The first-order valence-corrected chi connectivity index (χ1v) is 8.26. The van der Waals surface area contributed by atoms with Crippen LogP contribution in [0, 0.1) is 0 Å².